The van der Waals surface area contributed by atoms with Crippen LogP contribution in [0.5, 0.6) is 5.75 Å². The molecule has 202 valence electrons. The van der Waals surface area contributed by atoms with Crippen LogP contribution in [-0.2, 0) is 6.18 Å². The van der Waals surface area contributed by atoms with Crippen LogP contribution in [0, 0.1) is 0 Å². The van der Waals surface area contributed by atoms with Crippen molar-refractivity contribution in [2.75, 3.05) is 36.0 Å². The zero-order chi connectivity index (χ0) is 27.4. The highest BCUT2D eigenvalue weighted by Crippen LogP contribution is 2.45. The van der Waals surface area contributed by atoms with E-state index in [1.165, 1.54) is 6.07 Å². The number of carbonyl (C=O) groups excluding carboxylic acids is 2. The van der Waals surface area contributed by atoms with Crippen molar-refractivity contribution in [2.45, 2.75) is 31.3 Å². The van der Waals surface area contributed by atoms with Gasteiger partial charge in [-0.15, -0.1) is 0 Å². The van der Waals surface area contributed by atoms with E-state index in [0.29, 0.717) is 55.3 Å². The number of benzene rings is 3. The number of halogens is 3. The van der Waals surface area contributed by atoms with Crippen molar-refractivity contribution in [3.05, 3.63) is 89.5 Å². The summed E-state index contributed by atoms with van der Waals surface area (Å²) < 4.78 is 45.7. The van der Waals surface area contributed by atoms with Gasteiger partial charge in [-0.25, -0.2) is 4.79 Å². The highest BCUT2D eigenvalue weighted by molar-refractivity contribution is 5.99. The number of nitrogens with zero attached hydrogens (tertiary/aromatic N) is 3. The molecule has 0 radical (unpaired) electrons. The summed E-state index contributed by atoms with van der Waals surface area (Å²) in [6.07, 6.45) is -3.86. The highest BCUT2D eigenvalue weighted by atomic mass is 19.4. The fourth-order valence-corrected chi connectivity index (χ4v) is 5.72. The summed E-state index contributed by atoms with van der Waals surface area (Å²) >= 11 is 0. The smallest absolute Gasteiger partial charge is 0.416 e. The van der Waals surface area contributed by atoms with Crippen LogP contribution >= 0.6 is 0 Å². The Bertz CT molecular complexity index is 1440. The first kappa shape index (κ1) is 25.1. The minimum absolute atomic E-state index is 0.165. The molecule has 2 atom stereocenters. The van der Waals surface area contributed by atoms with E-state index in [1.54, 1.807) is 40.1 Å². The van der Waals surface area contributed by atoms with Crippen LogP contribution in [0.15, 0.2) is 72.8 Å². The van der Waals surface area contributed by atoms with Gasteiger partial charge < -0.3 is 19.9 Å². The van der Waals surface area contributed by atoms with Gasteiger partial charge in [0.1, 0.15) is 5.75 Å². The number of anilines is 2. The van der Waals surface area contributed by atoms with Crippen molar-refractivity contribution in [3.8, 4) is 5.75 Å². The lowest BCUT2D eigenvalue weighted by molar-refractivity contribution is -0.137. The minimum Gasteiger partial charge on any atom is -0.467 e. The molecular formula is C29H27F3N4O3. The first-order chi connectivity index (χ1) is 18.6. The second kappa shape index (κ2) is 9.21. The zero-order valence-corrected chi connectivity index (χ0v) is 21.2. The standard InChI is InChI=1S/C29H27F3N4O3/c1-28-18-24(23-10-2-3-11-25(23)39-28)33-27(38)36(28)22-9-4-6-19(16-22)26(37)35-14-12-34(13-15-35)21-8-5-7-20(17-21)29(30,31)32/h2-11,16-17,24H,12-15,18H2,1H3,(H,33,38). The molecule has 0 aromatic heterocycles. The number of ether oxygens (including phenoxy) is 1. The Labute approximate surface area is 223 Å². The van der Waals surface area contributed by atoms with Gasteiger partial charge in [-0.3, -0.25) is 9.69 Å². The van der Waals surface area contributed by atoms with Gasteiger partial charge in [-0.2, -0.15) is 13.2 Å². The van der Waals surface area contributed by atoms with Crippen LogP contribution in [0.1, 0.15) is 40.9 Å². The van der Waals surface area contributed by atoms with E-state index >= 15 is 0 Å². The molecule has 2 saturated heterocycles. The lowest BCUT2D eigenvalue weighted by atomic mass is 9.90. The minimum atomic E-state index is -4.41. The first-order valence-electron chi connectivity index (χ1n) is 12.8. The fraction of sp³-hybridized carbons (Fsp3) is 0.310. The summed E-state index contributed by atoms with van der Waals surface area (Å²) in [6, 6.07) is 19.3. The van der Waals surface area contributed by atoms with Gasteiger partial charge in [-0.1, -0.05) is 30.3 Å². The highest BCUT2D eigenvalue weighted by Gasteiger charge is 2.49. The maximum Gasteiger partial charge on any atom is 0.416 e. The summed E-state index contributed by atoms with van der Waals surface area (Å²) in [4.78, 5) is 31.7. The monoisotopic (exact) mass is 536 g/mol. The van der Waals surface area contributed by atoms with Crippen LogP contribution in [0.2, 0.25) is 0 Å². The summed E-state index contributed by atoms with van der Waals surface area (Å²) in [5.74, 6) is 0.517. The molecule has 39 heavy (non-hydrogen) atoms. The van der Waals surface area contributed by atoms with Crippen molar-refractivity contribution < 1.29 is 27.5 Å². The lowest BCUT2D eigenvalue weighted by Gasteiger charge is -2.50. The molecule has 10 heteroatoms. The second-order valence-electron chi connectivity index (χ2n) is 10.2. The molecule has 2 bridgehead atoms. The second-order valence-corrected chi connectivity index (χ2v) is 10.2. The summed E-state index contributed by atoms with van der Waals surface area (Å²) in [5, 5.41) is 3.06. The van der Waals surface area contributed by atoms with E-state index < -0.39 is 17.5 Å². The molecule has 2 fully saturated rings. The number of nitrogens with one attached hydrogen (secondary N) is 1. The topological polar surface area (TPSA) is 65.1 Å². The van der Waals surface area contributed by atoms with E-state index in [0.717, 1.165) is 17.7 Å². The normalized spacial score (nSPS) is 22.6. The summed E-state index contributed by atoms with van der Waals surface area (Å²) in [5.41, 5.74) is 0.768. The predicted octanol–water partition coefficient (Wildman–Crippen LogP) is 5.44. The molecule has 3 aliphatic rings. The number of amides is 3. The Morgan fingerprint density at radius 2 is 1.67 bits per heavy atom. The number of para-hydroxylation sites is 1. The Hall–Kier alpha value is -4.21. The third-order valence-electron chi connectivity index (χ3n) is 7.64. The molecule has 0 aliphatic carbocycles. The molecule has 0 spiro atoms. The fourth-order valence-electron chi connectivity index (χ4n) is 5.72. The summed E-state index contributed by atoms with van der Waals surface area (Å²) in [6.45, 7) is 3.42. The number of hydrogen-bond acceptors (Lipinski definition) is 4. The molecule has 1 N–H and O–H groups in total. The Morgan fingerprint density at radius 3 is 2.44 bits per heavy atom. The number of piperazine rings is 1. The van der Waals surface area contributed by atoms with Gasteiger partial charge in [0.2, 0.25) is 0 Å². The number of alkyl halides is 3. The molecular weight excluding hydrogens is 509 g/mol. The Morgan fingerprint density at radius 1 is 0.949 bits per heavy atom. The number of rotatable bonds is 3. The van der Waals surface area contributed by atoms with E-state index in [9.17, 15) is 22.8 Å². The van der Waals surface area contributed by atoms with Crippen molar-refractivity contribution in [1.29, 1.82) is 0 Å². The number of urea groups is 1. The van der Waals surface area contributed by atoms with Crippen LogP contribution in [0.4, 0.5) is 29.3 Å². The largest absolute Gasteiger partial charge is 0.467 e. The van der Waals surface area contributed by atoms with Gasteiger partial charge in [0.05, 0.1) is 17.3 Å². The van der Waals surface area contributed by atoms with Crippen molar-refractivity contribution >= 4 is 23.3 Å². The number of hydrogen-bond donors (Lipinski definition) is 1. The van der Waals surface area contributed by atoms with Crippen molar-refractivity contribution in [2.24, 2.45) is 0 Å². The average molecular weight is 537 g/mol. The predicted molar refractivity (Wildman–Crippen MR) is 140 cm³/mol. The Kier molecular flexibility index (Phi) is 5.93. The Balaban J connectivity index is 1.18. The van der Waals surface area contributed by atoms with Crippen molar-refractivity contribution in [1.82, 2.24) is 10.2 Å². The van der Waals surface area contributed by atoms with Gasteiger partial charge in [-0.05, 0) is 49.4 Å². The molecule has 6 rings (SSSR count). The average Bonchev–Trinajstić information content (AvgIpc) is 2.92. The molecule has 3 aromatic rings. The van der Waals surface area contributed by atoms with Crippen LogP contribution < -0.4 is 19.9 Å². The lowest BCUT2D eigenvalue weighted by Crippen LogP contribution is -2.65. The number of fused-ring (bicyclic) bond motifs is 4. The molecule has 2 unspecified atom stereocenters. The zero-order valence-electron chi connectivity index (χ0n) is 21.2. The molecule has 3 aliphatic heterocycles. The van der Waals surface area contributed by atoms with Crippen LogP contribution in [0.25, 0.3) is 0 Å². The van der Waals surface area contributed by atoms with Crippen LogP contribution in [0.3, 0.4) is 0 Å². The quantitative estimate of drug-likeness (QED) is 0.485. The van der Waals surface area contributed by atoms with Gasteiger partial charge in [0, 0.05) is 49.4 Å². The third-order valence-corrected chi connectivity index (χ3v) is 7.64. The van der Waals surface area contributed by atoms with Gasteiger partial charge >= 0.3 is 12.2 Å². The van der Waals surface area contributed by atoms with Crippen LogP contribution in [-0.4, -0.2) is 48.7 Å². The van der Waals surface area contributed by atoms with E-state index in [-0.39, 0.29) is 18.0 Å². The summed E-state index contributed by atoms with van der Waals surface area (Å²) in [7, 11) is 0. The maximum absolute atomic E-state index is 13.4. The van der Waals surface area contributed by atoms with Gasteiger partial charge in [0.25, 0.3) is 5.91 Å². The van der Waals surface area contributed by atoms with E-state index in [4.69, 9.17) is 4.74 Å². The van der Waals surface area contributed by atoms with E-state index in [2.05, 4.69) is 5.32 Å². The molecule has 0 saturated carbocycles. The molecule has 3 amide bonds. The first-order valence-corrected chi connectivity index (χ1v) is 12.8. The SMILES string of the molecule is CC12CC(NC(=O)N1c1cccc(C(=O)N3CCN(c4cccc(C(F)(F)F)c4)CC3)c1)c1ccccc1O2. The third kappa shape index (κ3) is 4.53. The number of carbonyl (C=O) groups is 2. The van der Waals surface area contributed by atoms with Gasteiger partial charge in [0.15, 0.2) is 5.72 Å². The maximum atomic E-state index is 13.4. The molecule has 3 heterocycles. The van der Waals surface area contributed by atoms with E-state index in [1.807, 2.05) is 36.1 Å². The molecule has 3 aromatic carbocycles. The molecule has 7 nitrogen and oxygen atoms in total. The van der Waals surface area contributed by atoms with Crippen molar-refractivity contribution in [3.63, 3.8) is 0 Å².